The number of carbonyl (C=O) groups is 1. The first kappa shape index (κ1) is 19.5. The molecule has 1 N–H and O–H groups in total. The summed E-state index contributed by atoms with van der Waals surface area (Å²) in [5, 5.41) is 7.49. The van der Waals surface area contributed by atoms with Crippen LogP contribution in [0.2, 0.25) is 0 Å². The number of carbonyl (C=O) groups excluding carboxylic acids is 1. The molecule has 2 aromatic rings. The standard InChI is InChI=1S/C21H29FN4O/c1-15(2)18-13-19(25(3)24-18)21(27)23-14-20(26-11-5-4-6-12-26)16-7-9-17(22)10-8-16/h7-10,13,15,20H,4-6,11-12,14H2,1-3H3,(H,23,27)/t20-/m0/s1. The molecule has 1 aromatic carbocycles. The van der Waals surface area contributed by atoms with Gasteiger partial charge in [0.05, 0.1) is 11.7 Å². The van der Waals surface area contributed by atoms with Gasteiger partial charge in [0, 0.05) is 13.6 Å². The van der Waals surface area contributed by atoms with Crippen molar-refractivity contribution < 1.29 is 9.18 Å². The first-order valence-electron chi connectivity index (χ1n) is 9.77. The maximum absolute atomic E-state index is 13.3. The van der Waals surface area contributed by atoms with Crippen LogP contribution in [0.15, 0.2) is 30.3 Å². The van der Waals surface area contributed by atoms with E-state index in [9.17, 15) is 9.18 Å². The van der Waals surface area contributed by atoms with Crippen LogP contribution in [0.3, 0.4) is 0 Å². The summed E-state index contributed by atoms with van der Waals surface area (Å²) in [5.41, 5.74) is 2.51. The summed E-state index contributed by atoms with van der Waals surface area (Å²) < 4.78 is 15.0. The Morgan fingerprint density at radius 3 is 2.44 bits per heavy atom. The lowest BCUT2D eigenvalue weighted by molar-refractivity contribution is 0.0915. The number of aromatic nitrogens is 2. The normalized spacial score (nSPS) is 16.5. The first-order chi connectivity index (χ1) is 13.0. The molecule has 1 aliphatic rings. The molecular formula is C21H29FN4O. The highest BCUT2D eigenvalue weighted by Crippen LogP contribution is 2.24. The molecule has 27 heavy (non-hydrogen) atoms. The Morgan fingerprint density at radius 2 is 1.85 bits per heavy atom. The zero-order chi connectivity index (χ0) is 19.4. The maximum Gasteiger partial charge on any atom is 0.269 e. The van der Waals surface area contributed by atoms with E-state index in [-0.39, 0.29) is 23.7 Å². The number of hydrogen-bond donors (Lipinski definition) is 1. The van der Waals surface area contributed by atoms with Gasteiger partial charge in [0.15, 0.2) is 0 Å². The van der Waals surface area contributed by atoms with Crippen molar-refractivity contribution in [1.82, 2.24) is 20.0 Å². The predicted molar refractivity (Wildman–Crippen MR) is 104 cm³/mol. The second kappa shape index (κ2) is 8.65. The fraction of sp³-hybridized carbons (Fsp3) is 0.524. The molecule has 0 unspecified atom stereocenters. The number of rotatable bonds is 6. The van der Waals surface area contributed by atoms with Crippen LogP contribution in [0.5, 0.6) is 0 Å². The van der Waals surface area contributed by atoms with Gasteiger partial charge in [0.1, 0.15) is 11.5 Å². The van der Waals surface area contributed by atoms with Crippen LogP contribution < -0.4 is 5.32 Å². The fourth-order valence-corrected chi connectivity index (χ4v) is 3.64. The SMILES string of the molecule is CC(C)c1cc(C(=O)NC[C@@H](c2ccc(F)cc2)N2CCCCC2)n(C)n1. The number of halogens is 1. The molecule has 0 spiro atoms. The van der Waals surface area contributed by atoms with Crippen LogP contribution in [0.25, 0.3) is 0 Å². The highest BCUT2D eigenvalue weighted by atomic mass is 19.1. The molecule has 146 valence electrons. The van der Waals surface area contributed by atoms with Crippen LogP contribution in [-0.4, -0.2) is 40.2 Å². The monoisotopic (exact) mass is 372 g/mol. The molecule has 0 bridgehead atoms. The Morgan fingerprint density at radius 1 is 1.19 bits per heavy atom. The van der Waals surface area contributed by atoms with Crippen molar-refractivity contribution in [2.75, 3.05) is 19.6 Å². The Labute approximate surface area is 160 Å². The molecule has 0 radical (unpaired) electrons. The minimum Gasteiger partial charge on any atom is -0.349 e. The molecule has 0 aliphatic carbocycles. The predicted octanol–water partition coefficient (Wildman–Crippen LogP) is 3.64. The second-order valence-electron chi connectivity index (χ2n) is 7.61. The van der Waals surface area contributed by atoms with E-state index in [1.807, 2.05) is 18.2 Å². The van der Waals surface area contributed by atoms with Crippen LogP contribution in [-0.2, 0) is 7.05 Å². The van der Waals surface area contributed by atoms with E-state index in [0.717, 1.165) is 37.2 Å². The van der Waals surface area contributed by atoms with Gasteiger partial charge in [-0.25, -0.2) is 4.39 Å². The van der Waals surface area contributed by atoms with Gasteiger partial charge in [-0.2, -0.15) is 5.10 Å². The summed E-state index contributed by atoms with van der Waals surface area (Å²) in [6, 6.07) is 8.53. The Hall–Kier alpha value is -2.21. The van der Waals surface area contributed by atoms with Crippen molar-refractivity contribution in [3.8, 4) is 0 Å². The third kappa shape index (κ3) is 4.75. The Balaban J connectivity index is 1.74. The van der Waals surface area contributed by atoms with Crippen molar-refractivity contribution in [3.63, 3.8) is 0 Å². The van der Waals surface area contributed by atoms with E-state index in [0.29, 0.717) is 12.2 Å². The molecular weight excluding hydrogens is 343 g/mol. The van der Waals surface area contributed by atoms with E-state index in [4.69, 9.17) is 0 Å². The van der Waals surface area contributed by atoms with Gasteiger partial charge >= 0.3 is 0 Å². The van der Waals surface area contributed by atoms with Gasteiger partial charge in [-0.1, -0.05) is 32.4 Å². The van der Waals surface area contributed by atoms with Crippen LogP contribution >= 0.6 is 0 Å². The smallest absolute Gasteiger partial charge is 0.269 e. The second-order valence-corrected chi connectivity index (χ2v) is 7.61. The van der Waals surface area contributed by atoms with E-state index in [1.165, 1.54) is 18.6 Å². The number of likely N-dealkylation sites (tertiary alicyclic amines) is 1. The highest BCUT2D eigenvalue weighted by Gasteiger charge is 2.24. The molecule has 0 saturated carbocycles. The quantitative estimate of drug-likeness (QED) is 0.842. The topological polar surface area (TPSA) is 50.2 Å². The highest BCUT2D eigenvalue weighted by molar-refractivity contribution is 5.92. The summed E-state index contributed by atoms with van der Waals surface area (Å²) in [6.45, 7) is 6.62. The summed E-state index contributed by atoms with van der Waals surface area (Å²) in [5.74, 6) is -0.0876. The molecule has 1 saturated heterocycles. The molecule has 2 heterocycles. The average Bonchev–Trinajstić information content (AvgIpc) is 3.06. The van der Waals surface area contributed by atoms with Gasteiger partial charge in [0.2, 0.25) is 0 Å². The van der Waals surface area contributed by atoms with E-state index in [1.54, 1.807) is 11.7 Å². The third-order valence-corrected chi connectivity index (χ3v) is 5.27. The molecule has 1 atom stereocenters. The van der Waals surface area contributed by atoms with Crippen molar-refractivity contribution in [2.24, 2.45) is 7.05 Å². The number of hydrogen-bond acceptors (Lipinski definition) is 3. The molecule has 6 heteroatoms. The van der Waals surface area contributed by atoms with Crippen molar-refractivity contribution in [2.45, 2.75) is 45.1 Å². The lowest BCUT2D eigenvalue weighted by Crippen LogP contribution is -2.41. The number of benzene rings is 1. The molecule has 1 aromatic heterocycles. The largest absolute Gasteiger partial charge is 0.349 e. The van der Waals surface area contributed by atoms with E-state index < -0.39 is 0 Å². The van der Waals surface area contributed by atoms with Crippen molar-refractivity contribution in [3.05, 3.63) is 53.1 Å². The van der Waals surface area contributed by atoms with Gasteiger partial charge in [-0.15, -0.1) is 0 Å². The minimum atomic E-state index is -0.240. The number of aryl methyl sites for hydroxylation is 1. The minimum absolute atomic E-state index is 0.0487. The maximum atomic E-state index is 13.3. The van der Waals surface area contributed by atoms with E-state index in [2.05, 4.69) is 29.2 Å². The average molecular weight is 372 g/mol. The number of nitrogens with zero attached hydrogens (tertiary/aromatic N) is 3. The van der Waals surface area contributed by atoms with Gasteiger partial charge in [0.25, 0.3) is 5.91 Å². The van der Waals surface area contributed by atoms with Gasteiger partial charge in [-0.3, -0.25) is 14.4 Å². The molecule has 1 aliphatic heterocycles. The first-order valence-corrected chi connectivity index (χ1v) is 9.77. The summed E-state index contributed by atoms with van der Waals surface area (Å²) in [6.07, 6.45) is 3.56. The van der Waals surface area contributed by atoms with Crippen LogP contribution in [0.1, 0.15) is 66.8 Å². The summed E-state index contributed by atoms with van der Waals surface area (Å²) in [7, 11) is 1.79. The van der Waals surface area contributed by atoms with Crippen molar-refractivity contribution in [1.29, 1.82) is 0 Å². The molecule has 1 amide bonds. The zero-order valence-corrected chi connectivity index (χ0v) is 16.4. The number of nitrogens with one attached hydrogen (secondary N) is 1. The third-order valence-electron chi connectivity index (χ3n) is 5.27. The molecule has 1 fully saturated rings. The molecule has 3 rings (SSSR count). The lowest BCUT2D eigenvalue weighted by atomic mass is 10.0. The van der Waals surface area contributed by atoms with Crippen LogP contribution in [0, 0.1) is 5.82 Å². The number of piperidine rings is 1. The van der Waals surface area contributed by atoms with E-state index >= 15 is 0 Å². The zero-order valence-electron chi connectivity index (χ0n) is 16.4. The number of amides is 1. The molecule has 5 nitrogen and oxygen atoms in total. The lowest BCUT2D eigenvalue weighted by Gasteiger charge is -2.35. The summed E-state index contributed by atoms with van der Waals surface area (Å²) in [4.78, 5) is 15.1. The van der Waals surface area contributed by atoms with Gasteiger partial charge < -0.3 is 5.32 Å². The van der Waals surface area contributed by atoms with Crippen molar-refractivity contribution >= 4 is 5.91 Å². The summed E-state index contributed by atoms with van der Waals surface area (Å²) >= 11 is 0. The van der Waals surface area contributed by atoms with Gasteiger partial charge in [-0.05, 0) is 55.6 Å². The fourth-order valence-electron chi connectivity index (χ4n) is 3.64. The van der Waals surface area contributed by atoms with Crippen LogP contribution in [0.4, 0.5) is 4.39 Å². The Bertz CT molecular complexity index is 763. The Kier molecular flexibility index (Phi) is 6.26.